The fraction of sp³-hybridized carbons (Fsp3) is 1.00. The molecule has 15 heavy (non-hydrogen) atoms. The van der Waals surface area contributed by atoms with Crippen molar-refractivity contribution in [1.29, 1.82) is 0 Å². The summed E-state index contributed by atoms with van der Waals surface area (Å²) in [5.74, 6) is -0.277. The van der Waals surface area contributed by atoms with Crippen LogP contribution in [0, 0.1) is 5.41 Å². The van der Waals surface area contributed by atoms with Gasteiger partial charge in [-0.1, -0.05) is 13.3 Å². The van der Waals surface area contributed by atoms with Crippen molar-refractivity contribution in [3.63, 3.8) is 0 Å². The Bertz CT molecular complexity index is 214. The summed E-state index contributed by atoms with van der Waals surface area (Å²) in [5, 5.41) is 0. The van der Waals surface area contributed by atoms with Crippen LogP contribution in [0.5, 0.6) is 0 Å². The second-order valence-electron chi connectivity index (χ2n) is 5.11. The Morgan fingerprint density at radius 1 is 1.13 bits per heavy atom. The molecule has 1 unspecified atom stereocenters. The second-order valence-corrected chi connectivity index (χ2v) is 5.11. The van der Waals surface area contributed by atoms with Crippen molar-refractivity contribution in [1.82, 2.24) is 0 Å². The lowest BCUT2D eigenvalue weighted by Crippen LogP contribution is -2.50. The smallest absolute Gasteiger partial charge is 0.173 e. The Hall–Kier alpha value is -0.120. The van der Waals surface area contributed by atoms with E-state index in [1.165, 1.54) is 19.3 Å². The number of rotatable bonds is 3. The van der Waals surface area contributed by atoms with Gasteiger partial charge in [0.25, 0.3) is 0 Å². The lowest BCUT2D eigenvalue weighted by molar-refractivity contribution is -0.253. The van der Waals surface area contributed by atoms with Crippen molar-refractivity contribution in [2.75, 3.05) is 19.8 Å². The second kappa shape index (κ2) is 4.40. The van der Waals surface area contributed by atoms with Gasteiger partial charge in [0.05, 0.1) is 13.2 Å². The normalized spacial score (nSPS) is 34.8. The van der Waals surface area contributed by atoms with Gasteiger partial charge in [0.15, 0.2) is 5.79 Å². The van der Waals surface area contributed by atoms with Gasteiger partial charge in [-0.3, -0.25) is 0 Å². The summed E-state index contributed by atoms with van der Waals surface area (Å²) in [4.78, 5) is 0. The molecule has 0 bridgehead atoms. The van der Waals surface area contributed by atoms with Crippen LogP contribution in [0.15, 0.2) is 0 Å². The summed E-state index contributed by atoms with van der Waals surface area (Å²) in [5.41, 5.74) is 5.79. The van der Waals surface area contributed by atoms with E-state index in [9.17, 15) is 0 Å². The molecule has 1 aliphatic heterocycles. The minimum Gasteiger partial charge on any atom is -0.347 e. The van der Waals surface area contributed by atoms with Crippen LogP contribution in [0.3, 0.4) is 0 Å². The molecule has 1 aliphatic carbocycles. The highest BCUT2D eigenvalue weighted by Crippen LogP contribution is 2.51. The molecular weight excluding hydrogens is 190 g/mol. The number of ether oxygens (including phenoxy) is 2. The Kier molecular flexibility index (Phi) is 3.33. The Morgan fingerprint density at radius 2 is 1.80 bits per heavy atom. The maximum absolute atomic E-state index is 5.93. The first-order valence-electron chi connectivity index (χ1n) is 6.20. The Labute approximate surface area is 92.3 Å². The van der Waals surface area contributed by atoms with E-state index >= 15 is 0 Å². The Morgan fingerprint density at radius 3 is 2.47 bits per heavy atom. The average molecular weight is 213 g/mol. The van der Waals surface area contributed by atoms with Crippen molar-refractivity contribution >= 4 is 0 Å². The predicted octanol–water partition coefficient (Wildman–Crippen LogP) is 2.05. The molecule has 3 nitrogen and oxygen atoms in total. The molecule has 1 saturated heterocycles. The molecule has 3 heteroatoms. The molecule has 88 valence electrons. The molecule has 2 aliphatic rings. The van der Waals surface area contributed by atoms with Gasteiger partial charge in [-0.2, -0.15) is 0 Å². The van der Waals surface area contributed by atoms with Crippen molar-refractivity contribution in [3.8, 4) is 0 Å². The predicted molar refractivity (Wildman–Crippen MR) is 59.5 cm³/mol. The van der Waals surface area contributed by atoms with Crippen LogP contribution in [0.2, 0.25) is 0 Å². The molecule has 1 spiro atoms. The van der Waals surface area contributed by atoms with Crippen LogP contribution in [0.4, 0.5) is 0 Å². The van der Waals surface area contributed by atoms with E-state index in [4.69, 9.17) is 15.2 Å². The van der Waals surface area contributed by atoms with Gasteiger partial charge in [-0.25, -0.2) is 0 Å². The largest absolute Gasteiger partial charge is 0.347 e. The lowest BCUT2D eigenvalue weighted by Gasteiger charge is -2.48. The zero-order valence-corrected chi connectivity index (χ0v) is 9.76. The molecule has 2 N–H and O–H groups in total. The maximum Gasteiger partial charge on any atom is 0.173 e. The van der Waals surface area contributed by atoms with Gasteiger partial charge >= 0.3 is 0 Å². The highest BCUT2D eigenvalue weighted by Gasteiger charge is 2.53. The van der Waals surface area contributed by atoms with E-state index in [2.05, 4.69) is 6.92 Å². The topological polar surface area (TPSA) is 44.5 Å². The van der Waals surface area contributed by atoms with Gasteiger partial charge < -0.3 is 15.2 Å². The first-order valence-corrected chi connectivity index (χ1v) is 6.20. The summed E-state index contributed by atoms with van der Waals surface area (Å²) in [6.07, 6.45) is 7.02. The number of hydrogen-bond acceptors (Lipinski definition) is 3. The van der Waals surface area contributed by atoms with Gasteiger partial charge in [-0.15, -0.1) is 0 Å². The summed E-state index contributed by atoms with van der Waals surface area (Å²) >= 11 is 0. The molecule has 0 aromatic heterocycles. The van der Waals surface area contributed by atoms with Crippen LogP contribution in [0.1, 0.15) is 45.4 Å². The molecule has 0 aromatic carbocycles. The number of nitrogens with two attached hydrogens (primary N) is 1. The summed E-state index contributed by atoms with van der Waals surface area (Å²) in [7, 11) is 0. The summed E-state index contributed by atoms with van der Waals surface area (Å²) in [6.45, 7) is 4.61. The van der Waals surface area contributed by atoms with Crippen LogP contribution in [-0.4, -0.2) is 25.5 Å². The van der Waals surface area contributed by atoms with E-state index in [-0.39, 0.29) is 11.2 Å². The zero-order valence-electron chi connectivity index (χ0n) is 9.76. The van der Waals surface area contributed by atoms with Crippen molar-refractivity contribution in [2.45, 2.75) is 51.2 Å². The molecule has 1 saturated carbocycles. The van der Waals surface area contributed by atoms with Crippen LogP contribution in [-0.2, 0) is 9.47 Å². The minimum absolute atomic E-state index is 0.182. The van der Waals surface area contributed by atoms with Crippen molar-refractivity contribution < 1.29 is 9.47 Å². The first-order chi connectivity index (χ1) is 7.22. The van der Waals surface area contributed by atoms with E-state index in [1.807, 2.05) is 0 Å². The zero-order chi connectivity index (χ0) is 10.8. The SMILES string of the molecule is CC1(CCCN)CCCCC12OCCO2. The maximum atomic E-state index is 5.93. The molecule has 0 radical (unpaired) electrons. The van der Waals surface area contributed by atoms with E-state index < -0.39 is 0 Å². The molecule has 0 aromatic rings. The molecule has 1 heterocycles. The summed E-state index contributed by atoms with van der Waals surface area (Å²) < 4.78 is 11.9. The monoisotopic (exact) mass is 213 g/mol. The first kappa shape index (κ1) is 11.4. The fourth-order valence-electron chi connectivity index (χ4n) is 3.12. The number of hydrogen-bond donors (Lipinski definition) is 1. The van der Waals surface area contributed by atoms with Crippen LogP contribution in [0.25, 0.3) is 0 Å². The summed E-state index contributed by atoms with van der Waals surface area (Å²) in [6, 6.07) is 0. The van der Waals surface area contributed by atoms with Crippen LogP contribution < -0.4 is 5.73 Å². The van der Waals surface area contributed by atoms with Crippen molar-refractivity contribution in [2.24, 2.45) is 11.1 Å². The third kappa shape index (κ3) is 1.93. The molecule has 0 amide bonds. The van der Waals surface area contributed by atoms with Gasteiger partial charge in [0.1, 0.15) is 0 Å². The van der Waals surface area contributed by atoms with Gasteiger partial charge in [0, 0.05) is 11.8 Å². The highest BCUT2D eigenvalue weighted by molar-refractivity contribution is 4.96. The third-order valence-corrected chi connectivity index (χ3v) is 4.09. The average Bonchev–Trinajstić information content (AvgIpc) is 2.71. The van der Waals surface area contributed by atoms with E-state index in [0.717, 1.165) is 39.0 Å². The van der Waals surface area contributed by atoms with Gasteiger partial charge in [0.2, 0.25) is 0 Å². The van der Waals surface area contributed by atoms with Gasteiger partial charge in [-0.05, 0) is 32.2 Å². The lowest BCUT2D eigenvalue weighted by atomic mass is 9.68. The third-order valence-electron chi connectivity index (χ3n) is 4.09. The van der Waals surface area contributed by atoms with E-state index in [1.54, 1.807) is 0 Å². The highest BCUT2D eigenvalue weighted by atomic mass is 16.7. The Balaban J connectivity index is 2.10. The van der Waals surface area contributed by atoms with Crippen molar-refractivity contribution in [3.05, 3.63) is 0 Å². The van der Waals surface area contributed by atoms with E-state index in [0.29, 0.717) is 0 Å². The molecule has 2 rings (SSSR count). The molecule has 2 fully saturated rings. The quantitative estimate of drug-likeness (QED) is 0.780. The standard InChI is InChI=1S/C12H23NO2/c1-11(6-4-8-13)5-2-3-7-12(11)14-9-10-15-12/h2-10,13H2,1H3. The van der Waals surface area contributed by atoms with Crippen LogP contribution >= 0.6 is 0 Å². The minimum atomic E-state index is -0.277. The molecular formula is C12H23NO2. The fourth-order valence-corrected chi connectivity index (χ4v) is 3.12. The molecule has 1 atom stereocenters.